The molecular weight excluding hydrogens is 1150 g/mol. The zero-order valence-electron chi connectivity index (χ0n) is 57.7. The van der Waals surface area contributed by atoms with Crippen molar-refractivity contribution in [3.8, 4) is 0 Å². The van der Waals surface area contributed by atoms with Crippen LogP contribution in [0.3, 0.4) is 0 Å². The molecule has 1 aliphatic rings. The Hall–Kier alpha value is -5.17. The predicted octanol–water partition coefficient (Wildman–Crippen LogP) is 8.33. The molecule has 1 aliphatic heterocycles. The van der Waals surface area contributed by atoms with E-state index in [1.807, 2.05) is 154 Å². The first kappa shape index (κ1) is 87.0. The zero-order chi connectivity index (χ0) is 68.9. The SMILES string of the molecule is CC(C)(C)COC(=O)C(N)CC(=O)O.CC(C)(C)COC(=O)C(N)Cc1ccccc1.CC(C)(C)COC(=O)C(N)Cc1cnc[nH]1.CC(C)(C)COC(=O)C1CCCN1.CCC(C)C(N)C(=O)OCC(C)(C)C.CSCCC(N)C(=O)OCC(C)(C)C. The van der Waals surface area contributed by atoms with Crippen molar-refractivity contribution in [1.29, 1.82) is 0 Å². The van der Waals surface area contributed by atoms with Gasteiger partial charge in [0.05, 0.1) is 52.4 Å². The fraction of sp³-hybridized carbons (Fsp3) is 0.754. The molecule has 1 fully saturated rings. The number of hydrogen-bond donors (Lipinski definition) is 8. The number of aromatic nitrogens is 2. The van der Waals surface area contributed by atoms with Gasteiger partial charge < -0.3 is 72.5 Å². The van der Waals surface area contributed by atoms with Gasteiger partial charge in [0.15, 0.2) is 0 Å². The predicted molar refractivity (Wildman–Crippen MR) is 351 cm³/mol. The summed E-state index contributed by atoms with van der Waals surface area (Å²) in [6.07, 6.45) is 9.32. The molecule has 23 heteroatoms. The Bertz CT molecular complexity index is 2240. The summed E-state index contributed by atoms with van der Waals surface area (Å²) in [5.74, 6) is -2.05. The number of rotatable bonds is 23. The Morgan fingerprint density at radius 1 is 0.580 bits per heavy atom. The van der Waals surface area contributed by atoms with Crippen LogP contribution in [0.1, 0.15) is 182 Å². The van der Waals surface area contributed by atoms with Gasteiger partial charge in [-0.05, 0) is 88.2 Å². The number of H-pyrrole nitrogens is 1. The van der Waals surface area contributed by atoms with Crippen LogP contribution < -0.4 is 34.0 Å². The van der Waals surface area contributed by atoms with Gasteiger partial charge in [-0.3, -0.25) is 33.6 Å². The number of carbonyl (C=O) groups excluding carboxylic acids is 6. The standard InChI is InChI=1S/C14H21NO2.C11H19N3O2.C11H23NO2.C10H21NO2S.C10H19NO2.C9H17NO4/c1-14(2,3)10-17-13(16)12(15)9-11-7-5-4-6-8-11;1-11(2,3)6-16-10(15)9(12)4-8-5-13-7-14-8;1-6-8(2)9(12)10(13)14-7-11(3,4)5;1-10(2,3)7-13-9(12)8(11)5-6-14-4;1-10(2,3)7-13-9(12)8-5-4-6-11-8;1-9(2,3)5-14-8(13)6(10)4-7(11)12/h4-8,12H,9-10,15H2,1-3H3;5,7,9H,4,6,12H2,1-3H3,(H,13,14);8-9H,6-7,12H2,1-5H3;8H,5-7,11H2,1-4H3;8,11H,4-7H2,1-3H3;6H,4-5,10H2,1-3H3,(H,11,12). The third kappa shape index (κ3) is 52.7. The smallest absolute Gasteiger partial charge is 0.323 e. The van der Waals surface area contributed by atoms with Crippen LogP contribution in [0.4, 0.5) is 0 Å². The minimum atomic E-state index is -1.11. The van der Waals surface area contributed by atoms with Crippen LogP contribution in [-0.2, 0) is 74.8 Å². The monoisotopic (exact) mass is 1270 g/mol. The molecule has 510 valence electrons. The molecule has 0 saturated carbocycles. The third-order valence-electron chi connectivity index (χ3n) is 11.3. The molecule has 7 unspecified atom stereocenters. The molecule has 1 saturated heterocycles. The van der Waals surface area contributed by atoms with Crippen molar-refractivity contribution in [2.24, 2.45) is 67.1 Å². The van der Waals surface area contributed by atoms with Gasteiger partial charge >= 0.3 is 41.8 Å². The van der Waals surface area contributed by atoms with Crippen LogP contribution in [0, 0.1) is 38.4 Å². The molecule has 0 bridgehead atoms. The number of carbonyl (C=O) groups is 7. The second-order valence-electron chi connectivity index (χ2n) is 29.3. The Kier molecular flexibility index (Phi) is 43.0. The highest BCUT2D eigenvalue weighted by Gasteiger charge is 2.27. The van der Waals surface area contributed by atoms with Gasteiger partial charge in [-0.1, -0.05) is 175 Å². The first-order valence-corrected chi connectivity index (χ1v) is 31.7. The fourth-order valence-corrected chi connectivity index (χ4v) is 6.51. The van der Waals surface area contributed by atoms with E-state index < -0.39 is 48.6 Å². The molecule has 13 N–H and O–H groups in total. The summed E-state index contributed by atoms with van der Waals surface area (Å²) >= 11 is 1.68. The maximum absolute atomic E-state index is 11.6. The number of ether oxygens (including phenoxy) is 6. The summed E-state index contributed by atoms with van der Waals surface area (Å²) in [4.78, 5) is 85.5. The molecule has 0 amide bonds. The van der Waals surface area contributed by atoms with E-state index >= 15 is 0 Å². The maximum Gasteiger partial charge on any atom is 0.323 e. The van der Waals surface area contributed by atoms with Gasteiger partial charge in [-0.15, -0.1) is 0 Å². The Labute approximate surface area is 532 Å². The van der Waals surface area contributed by atoms with Crippen LogP contribution in [0.5, 0.6) is 0 Å². The van der Waals surface area contributed by atoms with E-state index in [9.17, 15) is 33.6 Å². The summed E-state index contributed by atoms with van der Waals surface area (Å²) < 4.78 is 30.5. The third-order valence-corrected chi connectivity index (χ3v) is 11.9. The fourth-order valence-electron chi connectivity index (χ4n) is 6.02. The number of nitrogens with zero attached hydrogens (tertiary/aromatic N) is 1. The van der Waals surface area contributed by atoms with Gasteiger partial charge in [0, 0.05) is 18.3 Å². The average molecular weight is 1270 g/mol. The second-order valence-corrected chi connectivity index (χ2v) is 30.3. The first-order valence-electron chi connectivity index (χ1n) is 30.4. The number of thioether (sulfide) groups is 1. The summed E-state index contributed by atoms with van der Waals surface area (Å²) in [6, 6.07) is 6.41. The molecule has 0 aliphatic carbocycles. The molecule has 2 heterocycles. The lowest BCUT2D eigenvalue weighted by atomic mass is 9.98. The Balaban J connectivity index is -0.000000988. The number of nitrogens with two attached hydrogens (primary N) is 5. The lowest BCUT2D eigenvalue weighted by molar-refractivity contribution is -0.151. The lowest BCUT2D eigenvalue weighted by Gasteiger charge is -2.21. The molecule has 22 nitrogen and oxygen atoms in total. The van der Waals surface area contributed by atoms with E-state index in [0.29, 0.717) is 52.3 Å². The lowest BCUT2D eigenvalue weighted by Crippen LogP contribution is -2.39. The van der Waals surface area contributed by atoms with E-state index in [1.54, 1.807) is 24.3 Å². The summed E-state index contributed by atoms with van der Waals surface area (Å²) in [5.41, 5.74) is 29.9. The van der Waals surface area contributed by atoms with Crippen LogP contribution in [0.25, 0.3) is 0 Å². The van der Waals surface area contributed by atoms with Crippen LogP contribution in [0.15, 0.2) is 42.9 Å². The zero-order valence-corrected chi connectivity index (χ0v) is 58.5. The number of hydrogen-bond acceptors (Lipinski definition) is 21. The van der Waals surface area contributed by atoms with Gasteiger partial charge in [0.1, 0.15) is 36.3 Å². The highest BCUT2D eigenvalue weighted by atomic mass is 32.2. The number of aliphatic carboxylic acids is 1. The second kappa shape index (κ2) is 43.5. The normalized spacial score (nSPS) is 15.3. The van der Waals surface area contributed by atoms with Crippen molar-refractivity contribution in [3.05, 3.63) is 54.1 Å². The number of aromatic amines is 1. The number of nitrogens with one attached hydrogen (secondary N) is 2. The van der Waals surface area contributed by atoms with Crippen molar-refractivity contribution >= 4 is 53.5 Å². The minimum Gasteiger partial charge on any atom is -0.481 e. The number of carboxylic acid groups (broad SMARTS) is 1. The number of imidazole rings is 1. The quantitative estimate of drug-likeness (QED) is 0.0383. The van der Waals surface area contributed by atoms with Gasteiger partial charge in [-0.25, -0.2) is 4.98 Å². The average Bonchev–Trinajstić information content (AvgIpc) is 4.34. The van der Waals surface area contributed by atoms with E-state index in [1.165, 1.54) is 0 Å². The van der Waals surface area contributed by atoms with Crippen LogP contribution in [-0.4, -0.2) is 151 Å². The Morgan fingerprint density at radius 2 is 0.966 bits per heavy atom. The summed E-state index contributed by atoms with van der Waals surface area (Å²) in [6.45, 7) is 43.4. The van der Waals surface area contributed by atoms with Crippen LogP contribution in [0.2, 0.25) is 0 Å². The van der Waals surface area contributed by atoms with Crippen molar-refractivity contribution in [2.45, 2.75) is 220 Å². The molecule has 3 rings (SSSR count). The maximum atomic E-state index is 11.6. The van der Waals surface area contributed by atoms with Gasteiger partial charge in [0.25, 0.3) is 0 Å². The minimum absolute atomic E-state index is 0.00479. The summed E-state index contributed by atoms with van der Waals surface area (Å²) in [7, 11) is 0. The number of benzene rings is 1. The van der Waals surface area contributed by atoms with Crippen LogP contribution >= 0.6 is 11.8 Å². The van der Waals surface area contributed by atoms with E-state index in [-0.39, 0.29) is 80.9 Å². The van der Waals surface area contributed by atoms with E-state index in [4.69, 9.17) is 62.2 Å². The van der Waals surface area contributed by atoms with E-state index in [2.05, 4.69) is 36.1 Å². The molecule has 0 spiro atoms. The summed E-state index contributed by atoms with van der Waals surface area (Å²) in [5, 5.41) is 11.5. The first-order chi connectivity index (χ1) is 40.1. The molecule has 1 aromatic heterocycles. The van der Waals surface area contributed by atoms with Gasteiger partial charge in [-0.2, -0.15) is 11.8 Å². The van der Waals surface area contributed by atoms with Crippen molar-refractivity contribution in [2.75, 3.05) is 58.2 Å². The molecule has 1 aromatic carbocycles. The van der Waals surface area contributed by atoms with Crippen molar-refractivity contribution in [3.63, 3.8) is 0 Å². The molecule has 7 atom stereocenters. The molecule has 2 aromatic rings. The van der Waals surface area contributed by atoms with Gasteiger partial charge in [0.2, 0.25) is 0 Å². The molecule has 88 heavy (non-hydrogen) atoms. The number of esters is 6. The van der Waals surface area contributed by atoms with Crippen molar-refractivity contribution < 1.29 is 67.1 Å². The molecular formula is C65H120N8O14S. The highest BCUT2D eigenvalue weighted by molar-refractivity contribution is 7.98. The molecule has 0 radical (unpaired) electrons. The Morgan fingerprint density at radius 3 is 1.32 bits per heavy atom. The topological polar surface area (TPSA) is 366 Å². The highest BCUT2D eigenvalue weighted by Crippen LogP contribution is 2.19. The van der Waals surface area contributed by atoms with E-state index in [0.717, 1.165) is 42.8 Å². The number of carboxylic acids is 1. The van der Waals surface area contributed by atoms with Crippen molar-refractivity contribution in [1.82, 2.24) is 15.3 Å². The largest absolute Gasteiger partial charge is 0.481 e.